The van der Waals surface area contributed by atoms with Crippen LogP contribution in [0.4, 0.5) is 5.69 Å². The highest BCUT2D eigenvalue weighted by atomic mass is 16.5. The minimum Gasteiger partial charge on any atom is -0.379 e. The number of benzene rings is 1. The molecule has 0 aromatic heterocycles. The molecule has 1 unspecified atom stereocenters. The fourth-order valence-corrected chi connectivity index (χ4v) is 3.28. The third-order valence-electron chi connectivity index (χ3n) is 4.73. The summed E-state index contributed by atoms with van der Waals surface area (Å²) in [6.07, 6.45) is 2.72. The predicted octanol–water partition coefficient (Wildman–Crippen LogP) is 3.07. The van der Waals surface area contributed by atoms with Gasteiger partial charge in [0.1, 0.15) is 5.54 Å². The molecule has 1 aliphatic heterocycles. The van der Waals surface area contributed by atoms with E-state index in [1.807, 2.05) is 45.0 Å². The van der Waals surface area contributed by atoms with Gasteiger partial charge < -0.3 is 10.1 Å². The normalized spacial score (nSPS) is 20.4. The van der Waals surface area contributed by atoms with Crippen molar-refractivity contribution in [3.63, 3.8) is 0 Å². The van der Waals surface area contributed by atoms with Crippen molar-refractivity contribution in [3.05, 3.63) is 29.8 Å². The Morgan fingerprint density at radius 2 is 2.08 bits per heavy atom. The number of carbonyl (C=O) groups excluding carboxylic acids is 2. The summed E-state index contributed by atoms with van der Waals surface area (Å²) in [4.78, 5) is 27.1. The molecular weight excluding hydrogens is 316 g/mol. The number of carbonyl (C=O) groups is 2. The van der Waals surface area contributed by atoms with Crippen molar-refractivity contribution >= 4 is 17.5 Å². The fourth-order valence-electron chi connectivity index (χ4n) is 3.28. The van der Waals surface area contributed by atoms with Crippen LogP contribution in [0.15, 0.2) is 24.3 Å². The van der Waals surface area contributed by atoms with Gasteiger partial charge in [-0.2, -0.15) is 0 Å². The predicted molar refractivity (Wildman–Crippen MR) is 99.7 cm³/mol. The first-order chi connectivity index (χ1) is 11.9. The summed E-state index contributed by atoms with van der Waals surface area (Å²) in [6, 6.07) is 7.84. The molecule has 0 bridgehead atoms. The lowest BCUT2D eigenvalue weighted by Gasteiger charge is -2.35. The molecule has 25 heavy (non-hydrogen) atoms. The van der Waals surface area contributed by atoms with Crippen LogP contribution in [0.3, 0.4) is 0 Å². The Morgan fingerprint density at radius 1 is 1.36 bits per heavy atom. The first-order valence-corrected chi connectivity index (χ1v) is 9.21. The maximum atomic E-state index is 12.8. The summed E-state index contributed by atoms with van der Waals surface area (Å²) in [5.74, 6) is -0.0736. The Kier molecular flexibility index (Phi) is 6.59. The van der Waals surface area contributed by atoms with Gasteiger partial charge in [-0.25, -0.2) is 0 Å². The van der Waals surface area contributed by atoms with Gasteiger partial charge in [-0.1, -0.05) is 25.1 Å². The molecule has 1 atom stereocenters. The van der Waals surface area contributed by atoms with Gasteiger partial charge in [-0.15, -0.1) is 0 Å². The number of amides is 2. The van der Waals surface area contributed by atoms with Crippen LogP contribution in [-0.4, -0.2) is 36.6 Å². The number of rotatable bonds is 8. The van der Waals surface area contributed by atoms with Crippen LogP contribution < -0.4 is 10.2 Å². The van der Waals surface area contributed by atoms with Gasteiger partial charge in [-0.3, -0.25) is 14.5 Å². The number of nitrogens with one attached hydrogen (secondary N) is 1. The van der Waals surface area contributed by atoms with Crippen LogP contribution in [0, 0.1) is 0 Å². The summed E-state index contributed by atoms with van der Waals surface area (Å²) < 4.78 is 5.50. The third kappa shape index (κ3) is 4.40. The van der Waals surface area contributed by atoms with Crippen LogP contribution in [-0.2, 0) is 20.7 Å². The van der Waals surface area contributed by atoms with E-state index < -0.39 is 5.54 Å². The molecular formula is C20H30N2O3. The topological polar surface area (TPSA) is 58.6 Å². The smallest absolute Gasteiger partial charge is 0.246 e. The monoisotopic (exact) mass is 346 g/mol. The van der Waals surface area contributed by atoms with Gasteiger partial charge in [0.15, 0.2) is 0 Å². The number of ether oxygens (including phenoxy) is 1. The molecule has 1 aromatic rings. The zero-order valence-corrected chi connectivity index (χ0v) is 15.8. The Hall–Kier alpha value is -1.88. The first kappa shape index (κ1) is 19.4. The molecule has 2 amide bonds. The molecule has 0 saturated carbocycles. The Bertz CT molecular complexity index is 615. The molecule has 0 spiro atoms. The van der Waals surface area contributed by atoms with E-state index in [2.05, 4.69) is 12.2 Å². The van der Waals surface area contributed by atoms with Crippen molar-refractivity contribution in [1.82, 2.24) is 5.32 Å². The molecule has 1 saturated heterocycles. The molecule has 0 radical (unpaired) electrons. The van der Waals surface area contributed by atoms with Crippen LogP contribution in [0.5, 0.6) is 0 Å². The highest BCUT2D eigenvalue weighted by molar-refractivity contribution is 6.06. The fraction of sp³-hybridized carbons (Fsp3) is 0.600. The van der Waals surface area contributed by atoms with E-state index in [0.29, 0.717) is 26.0 Å². The van der Waals surface area contributed by atoms with E-state index in [1.165, 1.54) is 0 Å². The zero-order valence-electron chi connectivity index (χ0n) is 15.8. The highest BCUT2D eigenvalue weighted by Gasteiger charge is 2.48. The molecule has 1 aromatic carbocycles. The van der Waals surface area contributed by atoms with Gasteiger partial charge in [-0.05, 0) is 51.7 Å². The molecule has 1 N–H and O–H groups in total. The second kappa shape index (κ2) is 8.48. The largest absolute Gasteiger partial charge is 0.379 e. The Balaban J connectivity index is 2.09. The summed E-state index contributed by atoms with van der Waals surface area (Å²) >= 11 is 0. The van der Waals surface area contributed by atoms with Crippen LogP contribution in [0.2, 0.25) is 0 Å². The highest BCUT2D eigenvalue weighted by Crippen LogP contribution is 2.37. The maximum absolute atomic E-state index is 12.8. The minimum atomic E-state index is -0.832. The molecule has 1 heterocycles. The van der Waals surface area contributed by atoms with Crippen molar-refractivity contribution in [2.45, 2.75) is 65.0 Å². The standard InChI is InChI=1S/C20H30N2O3/c1-5-16-9-6-7-10-17(16)22-18(23)11-12-20(22,4)19(24)21-13-8-14-25-15(2)3/h6-7,9-10,15H,5,8,11-14H2,1-4H3,(H,21,24). The minimum absolute atomic E-state index is 0.0155. The van der Waals surface area contributed by atoms with Gasteiger partial charge in [0.2, 0.25) is 11.8 Å². The number of nitrogens with zero attached hydrogens (tertiary/aromatic N) is 1. The maximum Gasteiger partial charge on any atom is 0.246 e. The van der Waals surface area contributed by atoms with E-state index in [1.54, 1.807) is 4.90 Å². The van der Waals surface area contributed by atoms with E-state index in [4.69, 9.17) is 4.74 Å². The van der Waals surface area contributed by atoms with E-state index in [9.17, 15) is 9.59 Å². The summed E-state index contributed by atoms with van der Waals surface area (Å²) in [7, 11) is 0. The second-order valence-electron chi connectivity index (χ2n) is 7.01. The van der Waals surface area contributed by atoms with E-state index >= 15 is 0 Å². The van der Waals surface area contributed by atoms with Crippen LogP contribution in [0.1, 0.15) is 52.5 Å². The molecule has 1 fully saturated rings. The number of para-hydroxylation sites is 1. The quantitative estimate of drug-likeness (QED) is 0.736. The molecule has 0 aliphatic carbocycles. The molecule has 2 rings (SSSR count). The van der Waals surface area contributed by atoms with E-state index in [0.717, 1.165) is 24.1 Å². The molecule has 1 aliphatic rings. The lowest BCUT2D eigenvalue weighted by Crippen LogP contribution is -2.55. The SMILES string of the molecule is CCc1ccccc1N1C(=O)CCC1(C)C(=O)NCCCOC(C)C. The van der Waals surface area contributed by atoms with Crippen molar-refractivity contribution in [1.29, 1.82) is 0 Å². The number of hydrogen-bond acceptors (Lipinski definition) is 3. The van der Waals surface area contributed by atoms with Gasteiger partial charge in [0, 0.05) is 25.3 Å². The van der Waals surface area contributed by atoms with E-state index in [-0.39, 0.29) is 17.9 Å². The van der Waals surface area contributed by atoms with Crippen molar-refractivity contribution in [2.24, 2.45) is 0 Å². The summed E-state index contributed by atoms with van der Waals surface area (Å²) in [5.41, 5.74) is 1.11. The second-order valence-corrected chi connectivity index (χ2v) is 7.01. The molecule has 138 valence electrons. The number of aryl methyl sites for hydroxylation is 1. The van der Waals surface area contributed by atoms with Crippen molar-refractivity contribution in [3.8, 4) is 0 Å². The Labute approximate surface area is 150 Å². The van der Waals surface area contributed by atoms with Crippen LogP contribution in [0.25, 0.3) is 0 Å². The summed E-state index contributed by atoms with van der Waals surface area (Å²) in [6.45, 7) is 9.09. The lowest BCUT2D eigenvalue weighted by atomic mass is 9.96. The van der Waals surface area contributed by atoms with Gasteiger partial charge >= 0.3 is 0 Å². The van der Waals surface area contributed by atoms with Crippen molar-refractivity contribution in [2.75, 3.05) is 18.1 Å². The zero-order chi connectivity index (χ0) is 18.4. The Morgan fingerprint density at radius 3 is 2.76 bits per heavy atom. The number of hydrogen-bond donors (Lipinski definition) is 1. The van der Waals surface area contributed by atoms with Crippen LogP contribution >= 0.6 is 0 Å². The van der Waals surface area contributed by atoms with Gasteiger partial charge in [0.05, 0.1) is 6.10 Å². The van der Waals surface area contributed by atoms with Gasteiger partial charge in [0.25, 0.3) is 0 Å². The van der Waals surface area contributed by atoms with Crippen molar-refractivity contribution < 1.29 is 14.3 Å². The summed E-state index contributed by atoms with van der Waals surface area (Å²) in [5, 5.41) is 2.98. The molecule has 5 nitrogen and oxygen atoms in total. The third-order valence-corrected chi connectivity index (χ3v) is 4.73. The lowest BCUT2D eigenvalue weighted by molar-refractivity contribution is -0.127. The average Bonchev–Trinajstić information content (AvgIpc) is 2.90. The first-order valence-electron chi connectivity index (χ1n) is 9.21. The molecule has 5 heteroatoms. The average molecular weight is 346 g/mol. The number of anilines is 1.